The topological polar surface area (TPSA) is 81.8 Å². The highest BCUT2D eigenvalue weighted by atomic mass is 16.2. The molecule has 7 nitrogen and oxygen atoms in total. The summed E-state index contributed by atoms with van der Waals surface area (Å²) in [6.45, 7) is 7.48. The maximum absolute atomic E-state index is 12.4. The normalized spacial score (nSPS) is 10.8. The van der Waals surface area contributed by atoms with Gasteiger partial charge in [-0.25, -0.2) is 9.36 Å². The molecule has 0 saturated carbocycles. The zero-order valence-electron chi connectivity index (χ0n) is 15.3. The molecule has 1 aromatic carbocycles. The Kier molecular flexibility index (Phi) is 4.71. The average Bonchev–Trinajstić information content (AvgIpc) is 2.92. The SMILES string of the molecule is Cc1cc(C)n(-c2ccc(=O)n(CC(=O)Nc3c(C)cccc3C)n2)n1. The van der Waals surface area contributed by atoms with Gasteiger partial charge in [-0.2, -0.15) is 5.10 Å². The van der Waals surface area contributed by atoms with Gasteiger partial charge in [-0.3, -0.25) is 9.59 Å². The van der Waals surface area contributed by atoms with Crippen LogP contribution in [0.1, 0.15) is 22.5 Å². The number of aryl methyl sites for hydroxylation is 4. The second-order valence-corrected chi connectivity index (χ2v) is 6.34. The highest BCUT2D eigenvalue weighted by Crippen LogP contribution is 2.19. The number of benzene rings is 1. The first-order valence-corrected chi connectivity index (χ1v) is 8.33. The molecule has 134 valence electrons. The standard InChI is InChI=1S/C19H21N5O2/c1-12-6-5-7-13(2)19(12)20-17(25)11-23-18(26)9-8-16(22-23)24-15(4)10-14(3)21-24/h5-10H,11H2,1-4H3,(H,20,25). The fourth-order valence-corrected chi connectivity index (χ4v) is 2.85. The zero-order valence-corrected chi connectivity index (χ0v) is 15.3. The Labute approximate surface area is 151 Å². The van der Waals surface area contributed by atoms with Gasteiger partial charge in [0.15, 0.2) is 5.82 Å². The highest BCUT2D eigenvalue weighted by Gasteiger charge is 2.12. The number of para-hydroxylation sites is 1. The van der Waals surface area contributed by atoms with Gasteiger partial charge in [0.1, 0.15) is 6.54 Å². The minimum absolute atomic E-state index is 0.167. The molecule has 0 unspecified atom stereocenters. The van der Waals surface area contributed by atoms with Crippen LogP contribution < -0.4 is 10.9 Å². The molecule has 0 aliphatic heterocycles. The van der Waals surface area contributed by atoms with Gasteiger partial charge in [0.2, 0.25) is 5.91 Å². The Morgan fingerprint density at radius 3 is 2.35 bits per heavy atom. The first-order chi connectivity index (χ1) is 12.3. The van der Waals surface area contributed by atoms with Crippen molar-refractivity contribution in [1.29, 1.82) is 0 Å². The number of carbonyl (C=O) groups excluding carboxylic acids is 1. The summed E-state index contributed by atoms with van der Waals surface area (Å²) in [6.07, 6.45) is 0. The molecule has 3 rings (SSSR count). The van der Waals surface area contributed by atoms with Crippen LogP contribution in [0.25, 0.3) is 5.82 Å². The van der Waals surface area contributed by atoms with E-state index in [1.54, 1.807) is 10.7 Å². The van der Waals surface area contributed by atoms with Crippen molar-refractivity contribution in [2.75, 3.05) is 5.32 Å². The third-order valence-corrected chi connectivity index (χ3v) is 4.12. The van der Waals surface area contributed by atoms with Crippen LogP contribution in [-0.2, 0) is 11.3 Å². The smallest absolute Gasteiger partial charge is 0.267 e. The van der Waals surface area contributed by atoms with E-state index in [-0.39, 0.29) is 18.0 Å². The Morgan fingerprint density at radius 1 is 1.04 bits per heavy atom. The van der Waals surface area contributed by atoms with Gasteiger partial charge in [-0.15, -0.1) is 5.10 Å². The van der Waals surface area contributed by atoms with E-state index in [9.17, 15) is 9.59 Å². The molecular weight excluding hydrogens is 330 g/mol. The molecule has 0 saturated heterocycles. The van der Waals surface area contributed by atoms with E-state index < -0.39 is 0 Å². The van der Waals surface area contributed by atoms with Crippen molar-refractivity contribution in [3.05, 3.63) is 69.3 Å². The molecule has 0 atom stereocenters. The van der Waals surface area contributed by atoms with Crippen LogP contribution in [0.2, 0.25) is 0 Å². The first-order valence-electron chi connectivity index (χ1n) is 8.33. The van der Waals surface area contributed by atoms with E-state index >= 15 is 0 Å². The Hall–Kier alpha value is -3.22. The molecule has 0 bridgehead atoms. The Bertz CT molecular complexity index is 1010. The molecular formula is C19H21N5O2. The molecule has 0 aliphatic rings. The van der Waals surface area contributed by atoms with Crippen molar-refractivity contribution in [3.8, 4) is 5.82 Å². The second kappa shape index (κ2) is 6.95. The maximum Gasteiger partial charge on any atom is 0.267 e. The number of anilines is 1. The zero-order chi connectivity index (χ0) is 18.8. The van der Waals surface area contributed by atoms with Crippen LogP contribution in [0.15, 0.2) is 41.2 Å². The summed E-state index contributed by atoms with van der Waals surface area (Å²) in [6, 6.07) is 10.7. The molecule has 26 heavy (non-hydrogen) atoms. The fourth-order valence-electron chi connectivity index (χ4n) is 2.85. The van der Waals surface area contributed by atoms with Crippen molar-refractivity contribution in [1.82, 2.24) is 19.6 Å². The quantitative estimate of drug-likeness (QED) is 0.782. The van der Waals surface area contributed by atoms with Crippen molar-refractivity contribution in [2.24, 2.45) is 0 Å². The summed E-state index contributed by atoms with van der Waals surface area (Å²) in [5.74, 6) is 0.192. The number of rotatable bonds is 4. The van der Waals surface area contributed by atoms with Gasteiger partial charge in [0.05, 0.1) is 5.69 Å². The number of nitrogens with one attached hydrogen (secondary N) is 1. The lowest BCUT2D eigenvalue weighted by Crippen LogP contribution is -2.30. The van der Waals surface area contributed by atoms with Gasteiger partial charge in [-0.05, 0) is 51.0 Å². The minimum atomic E-state index is -0.341. The number of hydrogen-bond donors (Lipinski definition) is 1. The number of aromatic nitrogens is 4. The minimum Gasteiger partial charge on any atom is -0.324 e. The van der Waals surface area contributed by atoms with E-state index in [0.29, 0.717) is 5.82 Å². The number of carbonyl (C=O) groups is 1. The third-order valence-electron chi connectivity index (χ3n) is 4.12. The predicted octanol–water partition coefficient (Wildman–Crippen LogP) is 2.30. The van der Waals surface area contributed by atoms with E-state index in [2.05, 4.69) is 15.5 Å². The lowest BCUT2D eigenvalue weighted by molar-refractivity contribution is -0.117. The molecule has 2 aromatic heterocycles. The fraction of sp³-hybridized carbons (Fsp3) is 0.263. The van der Waals surface area contributed by atoms with Gasteiger partial charge in [0, 0.05) is 17.4 Å². The molecule has 3 aromatic rings. The summed E-state index contributed by atoms with van der Waals surface area (Å²) in [5.41, 5.74) is 4.12. The van der Waals surface area contributed by atoms with Crippen molar-refractivity contribution in [2.45, 2.75) is 34.2 Å². The van der Waals surface area contributed by atoms with Gasteiger partial charge < -0.3 is 5.32 Å². The van der Waals surface area contributed by atoms with Crippen LogP contribution in [-0.4, -0.2) is 25.5 Å². The Morgan fingerprint density at radius 2 is 1.73 bits per heavy atom. The van der Waals surface area contributed by atoms with Crippen LogP contribution in [0.5, 0.6) is 0 Å². The Balaban J connectivity index is 1.86. The third kappa shape index (κ3) is 3.56. The molecule has 0 radical (unpaired) electrons. The van der Waals surface area contributed by atoms with Crippen LogP contribution in [0.4, 0.5) is 5.69 Å². The number of amides is 1. The van der Waals surface area contributed by atoms with Gasteiger partial charge >= 0.3 is 0 Å². The van der Waals surface area contributed by atoms with Crippen molar-refractivity contribution < 1.29 is 4.79 Å². The summed E-state index contributed by atoms with van der Waals surface area (Å²) in [5, 5.41) is 11.5. The highest BCUT2D eigenvalue weighted by molar-refractivity contribution is 5.92. The lowest BCUT2D eigenvalue weighted by Gasteiger charge is -2.12. The molecule has 1 amide bonds. The van der Waals surface area contributed by atoms with E-state index in [1.165, 1.54) is 6.07 Å². The summed E-state index contributed by atoms with van der Waals surface area (Å²) >= 11 is 0. The second-order valence-electron chi connectivity index (χ2n) is 6.34. The predicted molar refractivity (Wildman–Crippen MR) is 99.6 cm³/mol. The first kappa shape index (κ1) is 17.6. The summed E-state index contributed by atoms with van der Waals surface area (Å²) in [7, 11) is 0. The van der Waals surface area contributed by atoms with Crippen molar-refractivity contribution >= 4 is 11.6 Å². The molecule has 0 aliphatic carbocycles. The van der Waals surface area contributed by atoms with Crippen molar-refractivity contribution in [3.63, 3.8) is 0 Å². The molecule has 2 heterocycles. The van der Waals surface area contributed by atoms with Crippen LogP contribution in [0, 0.1) is 27.7 Å². The number of hydrogen-bond acceptors (Lipinski definition) is 4. The van der Waals surface area contributed by atoms with E-state index in [0.717, 1.165) is 32.9 Å². The summed E-state index contributed by atoms with van der Waals surface area (Å²) in [4.78, 5) is 24.5. The largest absolute Gasteiger partial charge is 0.324 e. The maximum atomic E-state index is 12.4. The molecule has 7 heteroatoms. The summed E-state index contributed by atoms with van der Waals surface area (Å²) < 4.78 is 2.80. The van der Waals surface area contributed by atoms with Crippen LogP contribution in [0.3, 0.4) is 0 Å². The van der Waals surface area contributed by atoms with Gasteiger partial charge in [-0.1, -0.05) is 18.2 Å². The van der Waals surface area contributed by atoms with Crippen LogP contribution >= 0.6 is 0 Å². The molecule has 1 N–H and O–H groups in total. The average molecular weight is 351 g/mol. The van der Waals surface area contributed by atoms with E-state index in [4.69, 9.17) is 0 Å². The molecule has 0 fully saturated rings. The van der Waals surface area contributed by atoms with Gasteiger partial charge in [0.25, 0.3) is 5.56 Å². The van der Waals surface area contributed by atoms with E-state index in [1.807, 2.05) is 52.0 Å². The lowest BCUT2D eigenvalue weighted by atomic mass is 10.1. The monoisotopic (exact) mass is 351 g/mol. The molecule has 0 spiro atoms. The number of nitrogens with zero attached hydrogens (tertiary/aromatic N) is 4.